The Labute approximate surface area is 342 Å². The van der Waals surface area contributed by atoms with Crippen LogP contribution in [-0.4, -0.2) is 22.5 Å². The number of halogens is 1. The zero-order chi connectivity index (χ0) is 39.6. The van der Waals surface area contributed by atoms with Crippen LogP contribution in [0.1, 0.15) is 107 Å². The third-order valence-electron chi connectivity index (χ3n) is 10.6. The summed E-state index contributed by atoms with van der Waals surface area (Å²) >= 11 is 1.80. The first-order valence-corrected chi connectivity index (χ1v) is 20.3. The van der Waals surface area contributed by atoms with Gasteiger partial charge in [0.25, 0.3) is 0 Å². The number of hydrogen-bond acceptors (Lipinski definition) is 4. The molecule has 0 aliphatic heterocycles. The smallest absolute Gasteiger partial charge is 0.162 e. The normalized spacial score (nSPS) is 12.9. The summed E-state index contributed by atoms with van der Waals surface area (Å²) in [4.78, 5) is 17.2. The van der Waals surface area contributed by atoms with E-state index in [1.165, 1.54) is 48.3 Å². The molecule has 0 aliphatic rings. The summed E-state index contributed by atoms with van der Waals surface area (Å²) < 4.78 is 16.0. The van der Waals surface area contributed by atoms with E-state index in [0.29, 0.717) is 23.7 Å². The molecule has 3 aromatic carbocycles. The molecular formula is C48H63FIrNO2S-. The number of rotatable bonds is 11. The van der Waals surface area contributed by atoms with Crippen LogP contribution in [0.2, 0.25) is 0 Å². The monoisotopic (exact) mass is 929 g/mol. The van der Waals surface area contributed by atoms with Gasteiger partial charge in [-0.15, -0.1) is 40.5 Å². The van der Waals surface area contributed by atoms with Gasteiger partial charge in [-0.3, -0.25) is 14.2 Å². The number of fused-ring (bicyclic) bond motifs is 4. The Kier molecular flexibility index (Phi) is 15.5. The van der Waals surface area contributed by atoms with E-state index in [1.807, 2.05) is 20.0 Å². The molecule has 0 spiro atoms. The molecule has 1 N–H and O–H groups in total. The Morgan fingerprint density at radius 2 is 1.41 bits per heavy atom. The second kappa shape index (κ2) is 18.3. The van der Waals surface area contributed by atoms with Crippen molar-refractivity contribution in [2.75, 3.05) is 6.67 Å². The predicted octanol–water partition coefficient (Wildman–Crippen LogP) is 14.1. The third-order valence-corrected chi connectivity index (χ3v) is 12.0. The van der Waals surface area contributed by atoms with E-state index >= 15 is 0 Å². The van der Waals surface area contributed by atoms with Crippen molar-refractivity contribution in [3.63, 3.8) is 0 Å². The first-order chi connectivity index (χ1) is 24.7. The number of allylic oxidation sites excluding steroid dienone is 2. The van der Waals surface area contributed by atoms with Crippen LogP contribution < -0.4 is 0 Å². The topological polar surface area (TPSA) is 50.2 Å². The molecule has 0 aliphatic carbocycles. The van der Waals surface area contributed by atoms with Gasteiger partial charge in [-0.1, -0.05) is 131 Å². The molecule has 0 amide bonds. The number of thiophene rings is 1. The van der Waals surface area contributed by atoms with Crippen LogP contribution in [0.4, 0.5) is 4.39 Å². The van der Waals surface area contributed by atoms with Crippen molar-refractivity contribution >= 4 is 48.1 Å². The van der Waals surface area contributed by atoms with Crippen molar-refractivity contribution in [3.05, 3.63) is 89.3 Å². The van der Waals surface area contributed by atoms with E-state index in [-0.39, 0.29) is 61.0 Å². The van der Waals surface area contributed by atoms with Crippen LogP contribution in [0.15, 0.2) is 66.6 Å². The van der Waals surface area contributed by atoms with Gasteiger partial charge in [0, 0.05) is 64.7 Å². The minimum Gasteiger partial charge on any atom is -0.512 e. The Morgan fingerprint density at radius 3 is 1.96 bits per heavy atom. The van der Waals surface area contributed by atoms with E-state index < -0.39 is 0 Å². The number of aromatic nitrogens is 1. The van der Waals surface area contributed by atoms with Crippen LogP contribution in [-0.2, 0) is 36.7 Å². The first-order valence-electron chi connectivity index (χ1n) is 19.4. The van der Waals surface area contributed by atoms with Gasteiger partial charge >= 0.3 is 0 Å². The van der Waals surface area contributed by atoms with Crippen molar-refractivity contribution in [2.45, 2.75) is 109 Å². The largest absolute Gasteiger partial charge is 0.512 e. The number of pyridine rings is 1. The number of aliphatic hydroxyl groups excluding tert-OH is 1. The zero-order valence-corrected chi connectivity index (χ0v) is 38.3. The number of carbonyl (C=O) groups excluding carboxylic acids is 1. The molecule has 0 fully saturated rings. The maximum absolute atomic E-state index is 13.5. The van der Waals surface area contributed by atoms with Crippen molar-refractivity contribution in [3.8, 4) is 11.3 Å². The second-order valence-electron chi connectivity index (χ2n) is 18.2. The first kappa shape index (κ1) is 45.5. The SMILES string of the molecule is CC(C)C(C(=O)/C=C(\O)C(C(C)C)C(C)C)C(C)C.Cc1c(CC(C)(C)CF)ccc2c1sc1c(-c3[c-]c4ccccc4c(C(C)(C)C)c3)nccc12.[Ir]. The number of aryl methyl sites for hydroxylation is 1. The van der Waals surface area contributed by atoms with Gasteiger partial charge in [-0.05, 0) is 70.4 Å². The maximum atomic E-state index is 13.5. The Bertz CT molecular complexity index is 2070. The van der Waals surface area contributed by atoms with E-state index in [1.54, 1.807) is 11.3 Å². The van der Waals surface area contributed by atoms with Crippen molar-refractivity contribution in [1.82, 2.24) is 4.98 Å². The summed E-state index contributed by atoms with van der Waals surface area (Å²) in [5, 5.41) is 15.1. The van der Waals surface area contributed by atoms with Gasteiger partial charge in [0.1, 0.15) is 0 Å². The Hall–Kier alpha value is -2.92. The molecule has 295 valence electrons. The van der Waals surface area contributed by atoms with E-state index in [9.17, 15) is 14.3 Å². The fraction of sp³-hybridized carbons (Fsp3) is 0.500. The quantitative estimate of drug-likeness (QED) is 0.0816. The minimum absolute atomic E-state index is 0. The summed E-state index contributed by atoms with van der Waals surface area (Å²) in [6, 6.07) is 20.9. The van der Waals surface area contributed by atoms with Crippen molar-refractivity contribution < 1.29 is 34.4 Å². The van der Waals surface area contributed by atoms with Crippen LogP contribution in [0.25, 0.3) is 42.2 Å². The van der Waals surface area contributed by atoms with Crippen molar-refractivity contribution in [1.29, 1.82) is 0 Å². The Morgan fingerprint density at radius 1 is 0.833 bits per heavy atom. The number of hydrogen-bond donors (Lipinski definition) is 1. The molecule has 54 heavy (non-hydrogen) atoms. The zero-order valence-electron chi connectivity index (χ0n) is 35.1. The van der Waals surface area contributed by atoms with Crippen LogP contribution >= 0.6 is 11.3 Å². The summed E-state index contributed by atoms with van der Waals surface area (Å²) in [5.41, 5.74) is 5.46. The van der Waals surface area contributed by atoms with Crippen LogP contribution in [0.5, 0.6) is 0 Å². The molecule has 0 unspecified atom stereocenters. The molecule has 0 atom stereocenters. The van der Waals surface area contributed by atoms with Gasteiger partial charge in [-0.25, -0.2) is 0 Å². The number of benzene rings is 3. The van der Waals surface area contributed by atoms with E-state index in [4.69, 9.17) is 4.98 Å². The van der Waals surface area contributed by atoms with E-state index in [0.717, 1.165) is 23.1 Å². The fourth-order valence-corrected chi connectivity index (χ4v) is 9.41. The molecule has 5 rings (SSSR count). The minimum atomic E-state index is -0.356. The fourth-order valence-electron chi connectivity index (χ4n) is 8.08. The summed E-state index contributed by atoms with van der Waals surface area (Å²) in [6.07, 6.45) is 4.13. The van der Waals surface area contributed by atoms with Gasteiger partial charge in [0.2, 0.25) is 0 Å². The van der Waals surface area contributed by atoms with Gasteiger partial charge < -0.3 is 5.11 Å². The molecule has 2 heterocycles. The number of ketones is 1. The van der Waals surface area contributed by atoms with Gasteiger partial charge in [0.05, 0.1) is 12.4 Å². The average molecular weight is 929 g/mol. The standard InChI is InChI=1S/C31H31FNS.C17H32O2.Ir/c1-19-21(17-31(5,6)18-32)11-12-24-25-13-14-33-27(29(25)34-28(19)24)22-15-20-9-7-8-10-23(20)26(16-22)30(2,3)4;1-10(2)16(11(3)4)14(18)9-15(19)17(12(5)6)13(7)8;/h7-14,16H,17-18H2,1-6H3;9-13,16-18H,1-8H3;/q-1;;/b;14-9-;. The predicted molar refractivity (Wildman–Crippen MR) is 228 cm³/mol. The molecular weight excluding hydrogens is 866 g/mol. The van der Waals surface area contributed by atoms with Crippen molar-refractivity contribution in [2.24, 2.45) is 40.9 Å². The molecule has 0 saturated heterocycles. The number of nitrogens with zero attached hydrogens (tertiary/aromatic N) is 1. The summed E-state index contributed by atoms with van der Waals surface area (Å²) in [7, 11) is 0. The second-order valence-corrected chi connectivity index (χ2v) is 19.3. The van der Waals surface area contributed by atoms with Gasteiger partial charge in [0.15, 0.2) is 5.78 Å². The van der Waals surface area contributed by atoms with Gasteiger partial charge in [-0.2, -0.15) is 0 Å². The summed E-state index contributed by atoms with van der Waals surface area (Å²) in [6.45, 7) is 29.2. The molecule has 1 radical (unpaired) electrons. The van der Waals surface area contributed by atoms with Crippen LogP contribution in [0.3, 0.4) is 0 Å². The molecule has 0 saturated carbocycles. The molecule has 2 aromatic heterocycles. The molecule has 0 bridgehead atoms. The molecule has 3 nitrogen and oxygen atoms in total. The number of carbonyl (C=O) groups is 1. The van der Waals surface area contributed by atoms with E-state index in [2.05, 4.69) is 138 Å². The Balaban J connectivity index is 0.000000338. The molecule has 5 aromatic rings. The molecule has 6 heteroatoms. The van der Waals surface area contributed by atoms with Crippen LogP contribution in [0, 0.1) is 53.9 Å². The third kappa shape index (κ3) is 10.3. The number of aliphatic hydroxyl groups is 1. The average Bonchev–Trinajstić information content (AvgIpc) is 3.44. The summed E-state index contributed by atoms with van der Waals surface area (Å²) in [5.74, 6) is 1.63. The number of alkyl halides is 1. The maximum Gasteiger partial charge on any atom is 0.162 e.